The van der Waals surface area contributed by atoms with Gasteiger partial charge in [-0.25, -0.2) is 0 Å². The summed E-state index contributed by atoms with van der Waals surface area (Å²) in [6.07, 6.45) is 8.91. The van der Waals surface area contributed by atoms with Crippen LogP contribution in [-0.4, -0.2) is 46.9 Å². The molecule has 0 bridgehead atoms. The van der Waals surface area contributed by atoms with Gasteiger partial charge in [-0.05, 0) is 57.6 Å². The molecule has 5 nitrogen and oxygen atoms in total. The van der Waals surface area contributed by atoms with Gasteiger partial charge in [0, 0.05) is 17.8 Å². The van der Waals surface area contributed by atoms with Crippen molar-refractivity contribution in [1.82, 2.24) is 5.32 Å². The summed E-state index contributed by atoms with van der Waals surface area (Å²) in [4.78, 5) is 8.00. The Bertz CT molecular complexity index is 555. The minimum absolute atomic E-state index is 0.566. The largest absolute Gasteiger partial charge is 0.497 e. The van der Waals surface area contributed by atoms with Gasteiger partial charge >= 0.3 is 0 Å². The van der Waals surface area contributed by atoms with Crippen molar-refractivity contribution in [2.24, 2.45) is 0 Å². The predicted octanol–water partition coefficient (Wildman–Crippen LogP) is 5.06. The number of carbonyl (C=O) groups is 1. The van der Waals surface area contributed by atoms with Crippen molar-refractivity contribution in [3.8, 4) is 0 Å². The number of ether oxygens (including phenoxy) is 2. The molecule has 0 aliphatic rings. The zero-order valence-corrected chi connectivity index (χ0v) is 18.5. The molecule has 2 N–H and O–H groups in total. The highest BCUT2D eigenvalue weighted by Crippen LogP contribution is 2.09. The van der Waals surface area contributed by atoms with Gasteiger partial charge in [-0.1, -0.05) is 48.5 Å². The Balaban J connectivity index is -0.000000325. The number of rotatable bonds is 8. The Kier molecular flexibility index (Phi) is 27.0. The molecule has 0 atom stereocenters. The fourth-order valence-corrected chi connectivity index (χ4v) is 1.59. The molecule has 0 amide bonds. The van der Waals surface area contributed by atoms with E-state index in [9.17, 15) is 0 Å². The Morgan fingerprint density at radius 1 is 1.21 bits per heavy atom. The highest BCUT2D eigenvalue weighted by Gasteiger charge is 1.92. The first-order valence-electron chi connectivity index (χ1n) is 8.66. The quantitative estimate of drug-likeness (QED) is 0.206. The van der Waals surface area contributed by atoms with Crippen LogP contribution in [0.4, 0.5) is 0 Å². The van der Waals surface area contributed by atoms with Crippen LogP contribution in [0.3, 0.4) is 0 Å². The normalized spacial score (nSPS) is 9.36. The SMILES string of the molecule is C=C(/C=C\C)OC.C=O.CC(=N)c1ccc(Cl)cc1.CNCC/C=C/COC. The molecule has 0 aliphatic heterocycles. The van der Waals surface area contributed by atoms with Gasteiger partial charge in [-0.3, -0.25) is 0 Å². The summed E-state index contributed by atoms with van der Waals surface area (Å²) < 4.78 is 9.52. The second-order valence-corrected chi connectivity index (χ2v) is 5.56. The van der Waals surface area contributed by atoms with Crippen LogP contribution >= 0.6 is 11.6 Å². The van der Waals surface area contributed by atoms with Crippen molar-refractivity contribution in [2.45, 2.75) is 20.3 Å². The van der Waals surface area contributed by atoms with Crippen molar-refractivity contribution in [3.63, 3.8) is 0 Å². The van der Waals surface area contributed by atoms with Crippen LogP contribution in [0.15, 0.2) is 60.9 Å². The van der Waals surface area contributed by atoms with Crippen LogP contribution in [0.1, 0.15) is 25.8 Å². The Labute approximate surface area is 175 Å². The van der Waals surface area contributed by atoms with Crippen LogP contribution < -0.4 is 5.32 Å². The number of nitrogens with one attached hydrogen (secondary N) is 2. The summed E-state index contributed by atoms with van der Waals surface area (Å²) >= 11 is 5.65. The average Bonchev–Trinajstić information content (AvgIpc) is 2.71. The monoisotopic (exact) mass is 410 g/mol. The first-order chi connectivity index (χ1) is 13.4. The van der Waals surface area contributed by atoms with Gasteiger partial charge in [-0.15, -0.1) is 0 Å². The van der Waals surface area contributed by atoms with E-state index >= 15 is 0 Å². The molecular weight excluding hydrogens is 376 g/mol. The van der Waals surface area contributed by atoms with E-state index in [0.29, 0.717) is 16.5 Å². The van der Waals surface area contributed by atoms with Gasteiger partial charge in [0.2, 0.25) is 0 Å². The summed E-state index contributed by atoms with van der Waals surface area (Å²) in [5.74, 6) is 0.697. The van der Waals surface area contributed by atoms with Crippen molar-refractivity contribution < 1.29 is 14.3 Å². The standard InChI is InChI=1S/C8H8ClN.C7H15NO.C6H10O.CH2O/c1-6(10)7-2-4-8(9)5-3-7;1-8-6-4-3-5-7-9-2;1-4-5-6(2)7-3;1-2/h2-5,10H,1H3;3,5,8H,4,6-7H2,1-2H3;4-5H,2H2,1,3H3;1H2/b;5-3+;5-4-;. The zero-order chi connectivity index (χ0) is 22.2. The van der Waals surface area contributed by atoms with Gasteiger partial charge in [0.25, 0.3) is 0 Å². The average molecular weight is 411 g/mol. The summed E-state index contributed by atoms with van der Waals surface area (Å²) in [6, 6.07) is 7.25. The number of allylic oxidation sites excluding steroid dienone is 2. The Morgan fingerprint density at radius 3 is 2.14 bits per heavy atom. The lowest BCUT2D eigenvalue weighted by molar-refractivity contribution is -0.0979. The van der Waals surface area contributed by atoms with Crippen LogP contribution in [0, 0.1) is 5.41 Å². The molecule has 28 heavy (non-hydrogen) atoms. The summed E-state index contributed by atoms with van der Waals surface area (Å²) in [5, 5.41) is 11.0. The van der Waals surface area contributed by atoms with Gasteiger partial charge in [0.1, 0.15) is 12.5 Å². The molecule has 0 spiro atoms. The second kappa shape index (κ2) is 24.8. The smallest absolute Gasteiger partial charge is 0.111 e. The van der Waals surface area contributed by atoms with E-state index in [1.54, 1.807) is 39.4 Å². The van der Waals surface area contributed by atoms with Gasteiger partial charge < -0.3 is 25.0 Å². The molecule has 0 unspecified atom stereocenters. The summed E-state index contributed by atoms with van der Waals surface area (Å²) in [7, 11) is 5.24. The van der Waals surface area contributed by atoms with Crippen molar-refractivity contribution in [1.29, 1.82) is 5.41 Å². The van der Waals surface area contributed by atoms with Crippen molar-refractivity contribution >= 4 is 24.1 Å². The molecule has 0 heterocycles. The maximum atomic E-state index is 8.00. The predicted molar refractivity (Wildman–Crippen MR) is 122 cm³/mol. The van der Waals surface area contributed by atoms with E-state index in [2.05, 4.69) is 18.0 Å². The summed E-state index contributed by atoms with van der Waals surface area (Å²) in [6.45, 7) is 11.0. The molecule has 0 saturated carbocycles. The molecule has 0 aromatic heterocycles. The summed E-state index contributed by atoms with van der Waals surface area (Å²) in [5.41, 5.74) is 1.49. The Hall–Kier alpha value is -2.21. The Morgan fingerprint density at radius 2 is 1.79 bits per heavy atom. The number of hydrogen-bond donors (Lipinski definition) is 2. The third kappa shape index (κ3) is 23.8. The highest BCUT2D eigenvalue weighted by molar-refractivity contribution is 6.30. The van der Waals surface area contributed by atoms with Crippen LogP contribution in [0.5, 0.6) is 0 Å². The minimum Gasteiger partial charge on any atom is -0.497 e. The van der Waals surface area contributed by atoms with E-state index in [1.807, 2.05) is 45.0 Å². The van der Waals surface area contributed by atoms with E-state index in [4.69, 9.17) is 31.3 Å². The lowest BCUT2D eigenvalue weighted by Gasteiger charge is -1.95. The second-order valence-electron chi connectivity index (χ2n) is 5.12. The molecule has 1 aromatic rings. The van der Waals surface area contributed by atoms with E-state index in [-0.39, 0.29) is 0 Å². The maximum Gasteiger partial charge on any atom is 0.111 e. The maximum absolute atomic E-state index is 8.00. The van der Waals surface area contributed by atoms with Crippen molar-refractivity contribution in [3.05, 3.63) is 71.5 Å². The number of halogens is 1. The van der Waals surface area contributed by atoms with Crippen LogP contribution in [0.2, 0.25) is 5.02 Å². The molecule has 0 radical (unpaired) electrons. The molecule has 0 saturated heterocycles. The van der Waals surface area contributed by atoms with Crippen LogP contribution in [0.25, 0.3) is 0 Å². The number of hydrogen-bond acceptors (Lipinski definition) is 5. The number of carbonyl (C=O) groups excluding carboxylic acids is 1. The molecule has 0 fully saturated rings. The van der Waals surface area contributed by atoms with Crippen molar-refractivity contribution in [2.75, 3.05) is 34.4 Å². The molecule has 1 aromatic carbocycles. The van der Waals surface area contributed by atoms with E-state index in [0.717, 1.165) is 25.1 Å². The van der Waals surface area contributed by atoms with Crippen LogP contribution in [-0.2, 0) is 14.3 Å². The fourth-order valence-electron chi connectivity index (χ4n) is 1.46. The third-order valence-electron chi connectivity index (χ3n) is 2.88. The third-order valence-corrected chi connectivity index (χ3v) is 3.13. The van der Waals surface area contributed by atoms with Gasteiger partial charge in [0.05, 0.1) is 13.7 Å². The van der Waals surface area contributed by atoms with E-state index in [1.165, 1.54) is 0 Å². The lowest BCUT2D eigenvalue weighted by atomic mass is 10.1. The number of methoxy groups -OCH3 is 2. The van der Waals surface area contributed by atoms with Gasteiger partial charge in [0.15, 0.2) is 0 Å². The first kappa shape index (κ1) is 30.5. The van der Waals surface area contributed by atoms with Gasteiger partial charge in [-0.2, -0.15) is 0 Å². The molecule has 158 valence electrons. The molecule has 1 rings (SSSR count). The van der Waals surface area contributed by atoms with E-state index < -0.39 is 0 Å². The minimum atomic E-state index is 0.566. The highest BCUT2D eigenvalue weighted by atomic mass is 35.5. The first-order valence-corrected chi connectivity index (χ1v) is 9.04. The fraction of sp³-hybridized carbons (Fsp3) is 0.364. The lowest BCUT2D eigenvalue weighted by Crippen LogP contribution is -2.05. The number of benzene rings is 1. The zero-order valence-electron chi connectivity index (χ0n) is 17.8. The molecular formula is C22H35ClN2O3. The molecule has 0 aliphatic carbocycles. The topological polar surface area (TPSA) is 71.4 Å². The molecule has 6 heteroatoms.